The highest BCUT2D eigenvalue weighted by molar-refractivity contribution is 8.31. The van der Waals surface area contributed by atoms with Gasteiger partial charge in [-0.15, -0.1) is 10.2 Å². The van der Waals surface area contributed by atoms with Gasteiger partial charge in [0, 0.05) is 62.1 Å². The first-order valence-electron chi connectivity index (χ1n) is 23.9. The summed E-state index contributed by atoms with van der Waals surface area (Å²) >= 11 is 1.74. The topological polar surface area (TPSA) is 369 Å². The minimum Gasteiger partial charge on any atom is -0.389 e. The first kappa shape index (κ1) is 54.1. The second kappa shape index (κ2) is 22.8. The van der Waals surface area contributed by atoms with Crippen LogP contribution in [0, 0.1) is 0 Å². The molecule has 22 nitrogen and oxygen atoms in total. The number of carbonyl (C=O) groups excluding carboxylic acids is 1. The molecule has 5 aliphatic rings. The molecular weight excluding hydrogens is 963 g/mol. The Morgan fingerprint density at radius 3 is 2.01 bits per heavy atom. The molecule has 4 fully saturated rings. The van der Waals surface area contributed by atoms with E-state index in [1.807, 2.05) is 24.3 Å². The number of nitrogens with one attached hydrogen (secondary N) is 1. The number of aromatic nitrogens is 1. The van der Waals surface area contributed by atoms with Gasteiger partial charge in [0.2, 0.25) is 11.4 Å². The van der Waals surface area contributed by atoms with Crippen molar-refractivity contribution in [3.8, 4) is 0 Å². The number of nitrogens with two attached hydrogens (primary N) is 6. The Morgan fingerprint density at radius 1 is 0.761 bits per heavy atom. The Balaban J connectivity index is 0.960. The number of hydrogen-bond acceptors (Lipinski definition) is 21. The lowest BCUT2D eigenvalue weighted by Crippen LogP contribution is -2.68. The van der Waals surface area contributed by atoms with Crippen molar-refractivity contribution in [2.45, 2.75) is 153 Å². The maximum Gasteiger partial charge on any atom is 0.228 e. The lowest BCUT2D eigenvalue weighted by Gasteiger charge is -2.47. The van der Waals surface area contributed by atoms with E-state index in [9.17, 15) is 35.4 Å². The molecule has 0 radical (unpaired) electrons. The van der Waals surface area contributed by atoms with E-state index in [2.05, 4.69) is 63.8 Å². The third-order valence-corrected chi connectivity index (χ3v) is 17.5. The Hall–Kier alpha value is -3.16. The highest BCUT2D eigenvalue weighted by atomic mass is 32.3. The van der Waals surface area contributed by atoms with Gasteiger partial charge in [-0.3, -0.25) is 4.79 Å². The van der Waals surface area contributed by atoms with Crippen LogP contribution in [0.1, 0.15) is 31.2 Å². The zero-order chi connectivity index (χ0) is 51.1. The Bertz CT molecular complexity index is 2340. The molecular formula is C47H72N9O13S2+. The number of aliphatic hydroxyl groups excluding tert-OH is 6. The number of pyridine rings is 1. The average molecular weight is 1040 g/mol. The predicted molar refractivity (Wildman–Crippen MR) is 266 cm³/mol. The number of hydrogen-bond donors (Lipinski definition) is 13. The maximum atomic E-state index is 13.8. The summed E-state index contributed by atoms with van der Waals surface area (Å²) in [7, 11) is -0.386. The summed E-state index contributed by atoms with van der Waals surface area (Å²) in [6.07, 6.45) is -10.2. The fourth-order valence-corrected chi connectivity index (χ4v) is 13.1. The van der Waals surface area contributed by atoms with Crippen LogP contribution in [-0.4, -0.2) is 185 Å². The lowest BCUT2D eigenvalue weighted by molar-refractivity contribution is -0.671. The summed E-state index contributed by atoms with van der Waals surface area (Å²) in [5.74, 6) is -0.283. The van der Waals surface area contributed by atoms with Crippen molar-refractivity contribution in [1.82, 2.24) is 4.72 Å². The second-order valence-electron chi connectivity index (χ2n) is 19.4. The molecule has 5 heterocycles. The molecule has 8 unspecified atom stereocenters. The first-order valence-corrected chi connectivity index (χ1v) is 27.3. The van der Waals surface area contributed by atoms with Crippen LogP contribution >= 0.6 is 22.0 Å². The second-order valence-corrected chi connectivity index (χ2v) is 23.9. The van der Waals surface area contributed by atoms with Crippen LogP contribution < -0.4 is 48.6 Å². The van der Waals surface area contributed by atoms with Gasteiger partial charge in [0.25, 0.3) is 0 Å². The number of anilines is 1. The van der Waals surface area contributed by atoms with E-state index >= 15 is 0 Å². The highest BCUT2D eigenvalue weighted by Crippen LogP contribution is 2.50. The molecule has 1 saturated carbocycles. The molecule has 2 aromatic carbocycles. The number of carbonyl (C=O) groups is 1. The molecule has 394 valence electrons. The number of ether oxygens (including phenoxy) is 6. The van der Waals surface area contributed by atoms with Gasteiger partial charge in [0.15, 0.2) is 25.1 Å². The molecule has 24 heteroatoms. The number of thioether (sulfide) groups is 1. The van der Waals surface area contributed by atoms with Crippen LogP contribution in [0.5, 0.6) is 0 Å². The van der Waals surface area contributed by atoms with Gasteiger partial charge in [0.05, 0.1) is 34.3 Å². The van der Waals surface area contributed by atoms with Gasteiger partial charge in [-0.1, -0.05) is 36.0 Å². The number of nitrogens with zero attached hydrogens (tertiary/aromatic N) is 2. The molecule has 19 N–H and O–H groups in total. The van der Waals surface area contributed by atoms with Gasteiger partial charge in [-0.2, -0.15) is 4.57 Å². The van der Waals surface area contributed by atoms with Gasteiger partial charge < -0.3 is 103 Å². The third kappa shape index (κ3) is 11.3. The first-order chi connectivity index (χ1) is 33.8. The number of unbranched alkanes of at least 4 members (excludes halogenated alkanes) is 1. The molecule has 3 aromatic rings. The van der Waals surface area contributed by atoms with E-state index in [1.54, 1.807) is 24.3 Å². The smallest absolute Gasteiger partial charge is 0.228 e. The molecule has 19 atom stereocenters. The van der Waals surface area contributed by atoms with Crippen LogP contribution in [0.3, 0.4) is 0 Å². The summed E-state index contributed by atoms with van der Waals surface area (Å²) in [6, 6.07) is 14.3. The fraction of sp³-hybridized carbons (Fsp3) is 0.617. The quantitative estimate of drug-likeness (QED) is 0.0503. The maximum absolute atomic E-state index is 13.8. The van der Waals surface area contributed by atoms with Crippen molar-refractivity contribution in [3.63, 3.8) is 0 Å². The van der Waals surface area contributed by atoms with Crippen LogP contribution in [-0.2, 0) is 39.8 Å². The van der Waals surface area contributed by atoms with E-state index in [0.717, 1.165) is 21.5 Å². The summed E-state index contributed by atoms with van der Waals surface area (Å²) in [4.78, 5) is 17.3. The number of para-hydroxylation sites is 2. The molecule has 4 aliphatic heterocycles. The fourth-order valence-electron chi connectivity index (χ4n) is 9.93. The Labute approximate surface area is 418 Å². The van der Waals surface area contributed by atoms with Crippen molar-refractivity contribution in [1.29, 1.82) is 0 Å². The van der Waals surface area contributed by atoms with Crippen LogP contribution in [0.2, 0.25) is 0 Å². The SMILES string of the molecule is CN1/C(=C/c2cc[n+](CCCCC(=O)NS(C)(C)C3OC(OC4[C@H](O[C@H]5OC(CN)[C@@H](O)[C@H](O)C5N)C(N)C[C@@H](N)[C@H]4O)[C@@H](O)[C@H]3O[C@H]3O[C@@H](CN)[C@@H](O)C(O)C3N)c3ccccc23)Sc2ccccc21. The monoisotopic (exact) mass is 1030 g/mol. The number of benzene rings is 2. The molecule has 0 bridgehead atoms. The van der Waals surface area contributed by atoms with Gasteiger partial charge in [-0.05, 0) is 55.2 Å². The predicted octanol–water partition coefficient (Wildman–Crippen LogP) is -2.98. The van der Waals surface area contributed by atoms with Crippen molar-refractivity contribution >= 4 is 50.5 Å². The number of rotatable bonds is 16. The third-order valence-electron chi connectivity index (χ3n) is 14.1. The summed E-state index contributed by atoms with van der Waals surface area (Å²) in [5, 5.41) is 68.4. The van der Waals surface area contributed by atoms with E-state index in [4.69, 9.17) is 62.8 Å². The van der Waals surface area contributed by atoms with Crippen LogP contribution in [0.4, 0.5) is 5.69 Å². The van der Waals surface area contributed by atoms with E-state index in [-0.39, 0.29) is 31.8 Å². The highest BCUT2D eigenvalue weighted by Gasteiger charge is 2.57. The van der Waals surface area contributed by atoms with Gasteiger partial charge >= 0.3 is 0 Å². The van der Waals surface area contributed by atoms with Crippen molar-refractivity contribution < 1.29 is 68.4 Å². The Kier molecular flexibility index (Phi) is 17.3. The normalized spacial score (nSPS) is 38.4. The molecule has 3 saturated heterocycles. The van der Waals surface area contributed by atoms with E-state index in [0.29, 0.717) is 19.4 Å². The van der Waals surface area contributed by atoms with Gasteiger partial charge in [0.1, 0.15) is 73.0 Å². The molecule has 8 rings (SSSR count). The molecule has 1 aliphatic carbocycles. The lowest BCUT2D eigenvalue weighted by atomic mass is 9.84. The summed E-state index contributed by atoms with van der Waals surface area (Å²) in [5.41, 5.74) is 39.3. The minimum absolute atomic E-state index is 0.0609. The minimum atomic E-state index is -2.46. The molecule has 71 heavy (non-hydrogen) atoms. The number of aryl methyl sites for hydroxylation is 1. The molecule has 1 amide bonds. The van der Waals surface area contributed by atoms with E-state index < -0.39 is 126 Å². The standard InChI is InChI=1S/C47H71N9O13S2/c1-55-27-12-6-7-13-30(27)70-32(55)18-22-15-17-56(26-11-5-4-10-23(22)26)16-9-8-14-31(57)54-71(2,3)47-43(68-45-34(53)39(62)37(60)29(21-49)65-45)40(63)46(69-47)67-42-35(58)24(50)19-25(51)41(42)66-44-33(52)38(61)36(59)28(20-48)64-44/h4-7,10-13,15,17-18,24-25,28-29,33-47,58-63H,8-9,14,16,19-21,48-53H2,1-3H3/p+1/t24-,25?,28?,29+,33?,34?,35-,36-,37-,38-,39?,40+,41-,42?,43-,44-,45-,46?,47?/m1/s1. The number of fused-ring (bicyclic) bond motifs is 2. The average Bonchev–Trinajstić information content (AvgIpc) is 3.84. The van der Waals surface area contributed by atoms with Crippen molar-refractivity contribution in [3.05, 3.63) is 71.4 Å². The zero-order valence-electron chi connectivity index (χ0n) is 40.0. The van der Waals surface area contributed by atoms with Crippen molar-refractivity contribution in [2.75, 3.05) is 37.5 Å². The van der Waals surface area contributed by atoms with E-state index in [1.165, 1.54) is 10.6 Å². The zero-order valence-corrected chi connectivity index (χ0v) is 41.6. The molecule has 1 aromatic heterocycles. The number of aliphatic hydroxyl groups is 6. The van der Waals surface area contributed by atoms with Crippen LogP contribution in [0.25, 0.3) is 17.0 Å². The van der Waals surface area contributed by atoms with Crippen molar-refractivity contribution in [2.24, 2.45) is 34.4 Å². The Morgan fingerprint density at radius 2 is 1.37 bits per heavy atom. The summed E-state index contributed by atoms with van der Waals surface area (Å²) < 4.78 is 42.4. The number of amides is 1. The van der Waals surface area contributed by atoms with Crippen LogP contribution in [0.15, 0.2) is 70.7 Å². The van der Waals surface area contributed by atoms with Gasteiger partial charge in [-0.25, -0.2) is 0 Å². The summed E-state index contributed by atoms with van der Waals surface area (Å²) in [6.45, 7) is 0.280. The molecule has 0 spiro atoms. The largest absolute Gasteiger partial charge is 0.389 e.